The van der Waals surface area contributed by atoms with E-state index >= 15 is 0 Å². The zero-order valence-corrected chi connectivity index (χ0v) is 15.4. The lowest BCUT2D eigenvalue weighted by Crippen LogP contribution is -2.50. The minimum Gasteiger partial charge on any atom is -0.497 e. The lowest BCUT2D eigenvalue weighted by atomic mass is 9.87. The molecule has 2 aliphatic heterocycles. The molecule has 2 unspecified atom stereocenters. The Morgan fingerprint density at radius 2 is 2.04 bits per heavy atom. The highest BCUT2D eigenvalue weighted by Crippen LogP contribution is 2.39. The van der Waals surface area contributed by atoms with Crippen molar-refractivity contribution in [2.45, 2.75) is 25.8 Å². The molecule has 0 aliphatic carbocycles. The molecule has 0 saturated carbocycles. The molecule has 2 heterocycles. The molecule has 2 atom stereocenters. The minimum absolute atomic E-state index is 0. The van der Waals surface area contributed by atoms with Crippen molar-refractivity contribution in [2.75, 3.05) is 33.9 Å². The van der Waals surface area contributed by atoms with E-state index in [0.29, 0.717) is 5.92 Å². The van der Waals surface area contributed by atoms with Gasteiger partial charge in [-0.1, -0.05) is 6.92 Å². The molecular formula is C18H27ClN2O3. The second kappa shape index (κ2) is 8.08. The zero-order chi connectivity index (χ0) is 16.4. The number of likely N-dealkylation sites (tertiary alicyclic amines) is 1. The van der Waals surface area contributed by atoms with Crippen LogP contribution in [0.2, 0.25) is 0 Å². The predicted octanol–water partition coefficient (Wildman–Crippen LogP) is 2.64. The Morgan fingerprint density at radius 3 is 2.62 bits per heavy atom. The molecule has 0 radical (unpaired) electrons. The van der Waals surface area contributed by atoms with E-state index in [4.69, 9.17) is 9.47 Å². The Hall–Kier alpha value is -1.46. The maximum Gasteiger partial charge on any atom is 0.226 e. The number of hydrogen-bond acceptors (Lipinski definition) is 4. The second-order valence-corrected chi connectivity index (χ2v) is 6.50. The first kappa shape index (κ1) is 18.9. The van der Waals surface area contributed by atoms with Crippen LogP contribution >= 0.6 is 12.4 Å². The summed E-state index contributed by atoms with van der Waals surface area (Å²) in [4.78, 5) is 15.0. The normalized spacial score (nSPS) is 21.6. The summed E-state index contributed by atoms with van der Waals surface area (Å²) in [7, 11) is 3.32. The highest BCUT2D eigenvalue weighted by atomic mass is 35.5. The van der Waals surface area contributed by atoms with Gasteiger partial charge in [0.2, 0.25) is 5.91 Å². The number of amides is 1. The number of ether oxygens (including phenoxy) is 2. The van der Waals surface area contributed by atoms with E-state index in [9.17, 15) is 4.79 Å². The van der Waals surface area contributed by atoms with Crippen LogP contribution in [0.1, 0.15) is 31.4 Å². The van der Waals surface area contributed by atoms with Crippen LogP contribution in [0.5, 0.6) is 11.5 Å². The Labute approximate surface area is 150 Å². The van der Waals surface area contributed by atoms with Gasteiger partial charge in [-0.2, -0.15) is 0 Å². The number of rotatable bonds is 5. The van der Waals surface area contributed by atoms with Gasteiger partial charge in [0.05, 0.1) is 20.3 Å². The molecule has 0 bridgehead atoms. The molecule has 5 nitrogen and oxygen atoms in total. The van der Waals surface area contributed by atoms with Gasteiger partial charge in [-0.05, 0) is 44.0 Å². The molecule has 2 saturated heterocycles. The highest BCUT2D eigenvalue weighted by molar-refractivity contribution is 5.85. The van der Waals surface area contributed by atoms with Gasteiger partial charge < -0.3 is 19.7 Å². The Kier molecular flexibility index (Phi) is 6.35. The Bertz CT molecular complexity index is 577. The summed E-state index contributed by atoms with van der Waals surface area (Å²) in [6, 6.07) is 5.98. The van der Waals surface area contributed by atoms with Crippen molar-refractivity contribution in [2.24, 2.45) is 11.8 Å². The first-order valence-electron chi connectivity index (χ1n) is 8.38. The number of carbonyl (C=O) groups is 1. The van der Waals surface area contributed by atoms with Crippen LogP contribution in [0.15, 0.2) is 18.2 Å². The van der Waals surface area contributed by atoms with Gasteiger partial charge in [-0.3, -0.25) is 4.79 Å². The number of benzene rings is 1. The van der Waals surface area contributed by atoms with Gasteiger partial charge in [0.1, 0.15) is 11.5 Å². The smallest absolute Gasteiger partial charge is 0.226 e. The standard InChI is InChI=1S/C18H26N2O3.ClH/c1-12(13-10-19-11-13)18(21)20-8-4-5-16(20)15-7-6-14(22-2)9-17(15)23-3;/h6-7,9,12-13,16,19H,4-5,8,10-11H2,1-3H3;1H. The van der Waals surface area contributed by atoms with Crippen molar-refractivity contribution < 1.29 is 14.3 Å². The van der Waals surface area contributed by atoms with Crippen molar-refractivity contribution >= 4 is 18.3 Å². The monoisotopic (exact) mass is 354 g/mol. The molecule has 0 spiro atoms. The Balaban J connectivity index is 0.00000208. The second-order valence-electron chi connectivity index (χ2n) is 6.50. The Morgan fingerprint density at radius 1 is 1.29 bits per heavy atom. The van der Waals surface area contributed by atoms with Crippen LogP contribution in [0, 0.1) is 11.8 Å². The molecule has 0 aromatic heterocycles. The predicted molar refractivity (Wildman–Crippen MR) is 96.0 cm³/mol. The molecule has 1 aromatic rings. The highest BCUT2D eigenvalue weighted by Gasteiger charge is 2.37. The fraction of sp³-hybridized carbons (Fsp3) is 0.611. The van der Waals surface area contributed by atoms with Crippen LogP contribution in [0.4, 0.5) is 0 Å². The summed E-state index contributed by atoms with van der Waals surface area (Å²) in [5.41, 5.74) is 1.08. The maximum absolute atomic E-state index is 12.9. The third-order valence-electron chi connectivity index (χ3n) is 5.25. The van der Waals surface area contributed by atoms with Crippen LogP contribution < -0.4 is 14.8 Å². The number of nitrogens with zero attached hydrogens (tertiary/aromatic N) is 1. The number of nitrogens with one attached hydrogen (secondary N) is 1. The molecule has 2 aliphatic rings. The third kappa shape index (κ3) is 3.47. The van der Waals surface area contributed by atoms with Crippen LogP contribution in [-0.4, -0.2) is 44.7 Å². The average Bonchev–Trinajstić information content (AvgIpc) is 3.00. The quantitative estimate of drug-likeness (QED) is 0.883. The van der Waals surface area contributed by atoms with Crippen LogP contribution in [-0.2, 0) is 4.79 Å². The van der Waals surface area contributed by atoms with E-state index in [0.717, 1.165) is 49.5 Å². The summed E-state index contributed by atoms with van der Waals surface area (Å²) >= 11 is 0. The van der Waals surface area contributed by atoms with Gasteiger partial charge in [0.15, 0.2) is 0 Å². The fourth-order valence-corrected chi connectivity index (χ4v) is 3.58. The van der Waals surface area contributed by atoms with Crippen LogP contribution in [0.25, 0.3) is 0 Å². The van der Waals surface area contributed by atoms with E-state index in [1.165, 1.54) is 0 Å². The lowest BCUT2D eigenvalue weighted by molar-refractivity contribution is -0.138. The summed E-state index contributed by atoms with van der Waals surface area (Å²) < 4.78 is 10.8. The molecule has 134 valence electrons. The van der Waals surface area contributed by atoms with Gasteiger partial charge in [-0.25, -0.2) is 0 Å². The first-order chi connectivity index (χ1) is 11.2. The third-order valence-corrected chi connectivity index (χ3v) is 5.25. The van der Waals surface area contributed by atoms with E-state index in [2.05, 4.69) is 12.2 Å². The molecule has 24 heavy (non-hydrogen) atoms. The van der Waals surface area contributed by atoms with E-state index < -0.39 is 0 Å². The molecule has 2 fully saturated rings. The largest absolute Gasteiger partial charge is 0.497 e. The van der Waals surface area contributed by atoms with Crippen molar-refractivity contribution in [3.63, 3.8) is 0 Å². The summed E-state index contributed by atoms with van der Waals surface area (Å²) in [5, 5.41) is 3.26. The molecule has 6 heteroatoms. The van der Waals surface area contributed by atoms with Gasteiger partial charge in [0.25, 0.3) is 0 Å². The SMILES string of the molecule is COc1ccc(C2CCCN2C(=O)C(C)C2CNC2)c(OC)c1.Cl. The number of carbonyl (C=O) groups excluding carboxylic acids is 1. The summed E-state index contributed by atoms with van der Waals surface area (Å²) in [5.74, 6) is 2.40. The number of halogens is 1. The number of hydrogen-bond donors (Lipinski definition) is 1. The van der Waals surface area contributed by atoms with Gasteiger partial charge in [0, 0.05) is 24.1 Å². The summed E-state index contributed by atoms with van der Waals surface area (Å²) in [6.07, 6.45) is 2.03. The molecular weight excluding hydrogens is 328 g/mol. The fourth-order valence-electron chi connectivity index (χ4n) is 3.58. The van der Waals surface area contributed by atoms with Gasteiger partial charge >= 0.3 is 0 Å². The van der Waals surface area contributed by atoms with Gasteiger partial charge in [-0.15, -0.1) is 12.4 Å². The van der Waals surface area contributed by atoms with E-state index in [1.807, 2.05) is 23.1 Å². The van der Waals surface area contributed by atoms with Crippen LogP contribution in [0.3, 0.4) is 0 Å². The van der Waals surface area contributed by atoms with E-state index in [-0.39, 0.29) is 30.3 Å². The minimum atomic E-state index is 0. The molecule has 1 aromatic carbocycles. The topological polar surface area (TPSA) is 50.8 Å². The number of methoxy groups -OCH3 is 2. The zero-order valence-electron chi connectivity index (χ0n) is 14.6. The van der Waals surface area contributed by atoms with Crippen molar-refractivity contribution in [1.29, 1.82) is 0 Å². The lowest BCUT2D eigenvalue weighted by Gasteiger charge is -2.36. The molecule has 1 amide bonds. The molecule has 1 N–H and O–H groups in total. The van der Waals surface area contributed by atoms with Crippen molar-refractivity contribution in [1.82, 2.24) is 10.2 Å². The van der Waals surface area contributed by atoms with Crippen molar-refractivity contribution in [3.05, 3.63) is 23.8 Å². The average molecular weight is 355 g/mol. The summed E-state index contributed by atoms with van der Waals surface area (Å²) in [6.45, 7) is 4.81. The molecule has 3 rings (SSSR count). The maximum atomic E-state index is 12.9. The van der Waals surface area contributed by atoms with Crippen molar-refractivity contribution in [3.8, 4) is 11.5 Å². The van der Waals surface area contributed by atoms with E-state index in [1.54, 1.807) is 14.2 Å². The first-order valence-corrected chi connectivity index (χ1v) is 8.38.